The normalized spacial score (nSPS) is 17.5. The third-order valence-corrected chi connectivity index (χ3v) is 11.0. The molecular formula is C40H48Cd4I2N11-7. The zero-order valence-corrected chi connectivity index (χ0v) is 53.2. The van der Waals surface area contributed by atoms with Crippen LogP contribution >= 0.6 is 35.5 Å². The molecule has 17 heteroatoms. The number of rotatable bonds is 4. The number of halogens is 2. The Kier molecular flexibility index (Phi) is 25.0. The molecular weight excluding hydrogens is 1340 g/mol. The van der Waals surface area contributed by atoms with Crippen molar-refractivity contribution in [1.82, 2.24) is 19.9 Å². The van der Waals surface area contributed by atoms with E-state index < -0.39 is 0 Å². The van der Waals surface area contributed by atoms with Crippen LogP contribution in [0.2, 0.25) is 0 Å². The summed E-state index contributed by atoms with van der Waals surface area (Å²) in [5, 5.41) is 18.6. The van der Waals surface area contributed by atoms with Gasteiger partial charge in [-0.2, -0.15) is 6.20 Å². The van der Waals surface area contributed by atoms with Crippen molar-refractivity contribution in [2.75, 3.05) is 45.8 Å². The first-order valence-corrected chi connectivity index (χ1v) is 41.9. The summed E-state index contributed by atoms with van der Waals surface area (Å²) in [6, 6.07) is 9.04. The van der Waals surface area contributed by atoms with Crippen LogP contribution in [-0.2, 0) is 97.5 Å². The summed E-state index contributed by atoms with van der Waals surface area (Å²) in [6.07, 6.45) is 21.5. The van der Waals surface area contributed by atoms with Gasteiger partial charge in [-0.05, 0) is 71.9 Å². The zero-order chi connectivity index (χ0) is 34.6. The molecule has 8 bridgehead atoms. The Balaban J connectivity index is 0.00000121. The molecule has 8 N–H and O–H groups in total. The molecule has 0 saturated carbocycles. The van der Waals surface area contributed by atoms with Crippen molar-refractivity contribution in [3.8, 4) is 0 Å². The number of aromatic nitrogens is 4. The Hall–Kier alpha value is 0.788. The number of nitrogens with two attached hydrogens (primary N) is 3. The SMILES string of the molecule is C1=CC(c2c3ccc([nH]3)c(C3CC[N-]CC3)c3nc(c(C4CC[N-]CC4)c4nc(c(C5CC[N-]CC5)c5ccc2[nH]5)C=C4)C=C3)=CC[N-]1.[Cd].[Cd].[Cd].[I][Cd][I].[NH2-].[NH2-].[NH2-]. The van der Waals surface area contributed by atoms with Gasteiger partial charge in [-0.25, -0.2) is 9.97 Å². The van der Waals surface area contributed by atoms with Crippen LogP contribution in [0.4, 0.5) is 0 Å². The number of hydrogen-bond donors (Lipinski definition) is 2. The molecule has 3 saturated heterocycles. The van der Waals surface area contributed by atoms with Crippen molar-refractivity contribution >= 4 is 87.5 Å². The van der Waals surface area contributed by atoms with Gasteiger partial charge < -0.3 is 49.7 Å². The minimum atomic E-state index is -0.0700. The number of nitrogens with one attached hydrogen (secondary N) is 2. The Morgan fingerprint density at radius 1 is 0.526 bits per heavy atom. The Morgan fingerprint density at radius 2 is 0.877 bits per heavy atom. The molecule has 0 aromatic carbocycles. The van der Waals surface area contributed by atoms with Crippen LogP contribution in [0, 0.1) is 0 Å². The molecule has 3 fully saturated rings. The number of allylic oxidation sites excluding steroid dienone is 2. The molecule has 9 rings (SSSR count). The summed E-state index contributed by atoms with van der Waals surface area (Å²) in [5.41, 5.74) is 15.0. The summed E-state index contributed by atoms with van der Waals surface area (Å²) in [4.78, 5) is 18.8. The fourth-order valence-electron chi connectivity index (χ4n) is 8.58. The second-order valence-corrected chi connectivity index (χ2v) is 44.3. The number of fused-ring (bicyclic) bond motifs is 8. The largest absolute Gasteiger partial charge is 0.693 e. The van der Waals surface area contributed by atoms with E-state index in [0.29, 0.717) is 24.3 Å². The molecule has 3 aromatic rings. The molecule has 0 unspecified atom stereocenters. The maximum Gasteiger partial charge on any atom is -0.693 e. The van der Waals surface area contributed by atoms with Gasteiger partial charge in [0.05, 0.1) is 22.8 Å². The number of aromatic amines is 2. The van der Waals surface area contributed by atoms with Gasteiger partial charge in [-0.3, -0.25) is 0 Å². The van der Waals surface area contributed by atoms with E-state index in [2.05, 4.69) is 112 Å². The number of nitrogens with zero attached hydrogens (tertiary/aromatic N) is 6. The van der Waals surface area contributed by atoms with Crippen LogP contribution in [0.1, 0.15) is 101 Å². The van der Waals surface area contributed by atoms with E-state index in [9.17, 15) is 0 Å². The number of hydrogen-bond acceptors (Lipinski definition) is 2. The van der Waals surface area contributed by atoms with Gasteiger partial charge in [0.25, 0.3) is 0 Å². The number of H-pyrrole nitrogens is 2. The average Bonchev–Trinajstić information content (AvgIpc) is 4.02. The molecule has 11 nitrogen and oxygen atoms in total. The van der Waals surface area contributed by atoms with Crippen molar-refractivity contribution in [3.63, 3.8) is 0 Å². The van der Waals surface area contributed by atoms with E-state index >= 15 is 0 Å². The maximum absolute atomic E-state index is 5.49. The molecule has 6 aliphatic rings. The third-order valence-electron chi connectivity index (χ3n) is 11.0. The smallest absolute Gasteiger partial charge is 0.693 e. The third kappa shape index (κ3) is 12.5. The van der Waals surface area contributed by atoms with Gasteiger partial charge in [0.15, 0.2) is 0 Å². The topological polar surface area (TPSA) is 214 Å². The van der Waals surface area contributed by atoms with Gasteiger partial charge in [0.1, 0.15) is 0 Å². The van der Waals surface area contributed by atoms with E-state index in [1.807, 2.05) is 6.20 Å². The Bertz CT molecular complexity index is 1930. The Labute approximate surface area is 428 Å². The predicted molar refractivity (Wildman–Crippen MR) is 243 cm³/mol. The molecule has 3 aromatic heterocycles. The molecule has 57 heavy (non-hydrogen) atoms. The van der Waals surface area contributed by atoms with Gasteiger partial charge in [-0.15, -0.1) is 45.8 Å². The monoisotopic (exact) mass is 1390 g/mol. The van der Waals surface area contributed by atoms with E-state index in [0.717, 1.165) is 128 Å². The minimum Gasteiger partial charge on any atom is -0.693 e. The molecule has 0 aliphatic carbocycles. The molecule has 9 heterocycles. The van der Waals surface area contributed by atoms with E-state index in [1.165, 1.54) is 22.3 Å². The fraction of sp³-hybridized carbons (Fsp3) is 0.400. The second-order valence-electron chi connectivity index (χ2n) is 13.9. The van der Waals surface area contributed by atoms with Crippen LogP contribution in [0.25, 0.3) is 91.7 Å². The molecule has 0 spiro atoms. The summed E-state index contributed by atoms with van der Waals surface area (Å²) >= 11 is 4.90. The summed E-state index contributed by atoms with van der Waals surface area (Å²) < 4.78 is 0. The minimum absolute atomic E-state index is 0. The standard InChI is InChI=1S/C40H42N8.4Cd.2HI.3H2N/c1-2-30-38(26-11-19-42-20-12-26)32-5-6-34(47-32)40(28-15-23-44-24-16-28)36-8-7-35(48-36)39(27-13-21-43-22-14-27)33-4-3-31(46-33)37(29(1)45-30)25-9-17-41-18-10-25;;;;;;;;;/h1-10,17,26-28,45-46H,11-16,18-24H2;;;;;2*1H;3*1H2/q-4;;;;+2;;;3*-1/p-2. The van der Waals surface area contributed by atoms with Crippen LogP contribution in [-0.4, -0.2) is 65.7 Å². The van der Waals surface area contributed by atoms with Gasteiger partial charge in [-0.1, -0.05) is 50.7 Å². The van der Waals surface area contributed by atoms with Crippen molar-refractivity contribution in [3.05, 3.63) is 127 Å². The molecule has 0 amide bonds. The van der Waals surface area contributed by atoms with Gasteiger partial charge >= 0.3 is 51.2 Å². The van der Waals surface area contributed by atoms with Crippen LogP contribution in [0.15, 0.2) is 42.6 Å². The molecule has 0 radical (unpaired) electrons. The van der Waals surface area contributed by atoms with E-state index in [1.54, 1.807) is 0 Å². The molecule has 292 valence electrons. The maximum atomic E-state index is 5.49. The second kappa shape index (κ2) is 26.4. The van der Waals surface area contributed by atoms with Crippen molar-refractivity contribution in [1.29, 1.82) is 0 Å². The van der Waals surface area contributed by atoms with Gasteiger partial charge in [0, 0.05) is 126 Å². The Morgan fingerprint density at radius 3 is 1.25 bits per heavy atom. The first kappa shape index (κ1) is 53.9. The first-order valence-electron chi connectivity index (χ1n) is 18.4. The van der Waals surface area contributed by atoms with E-state index in [-0.39, 0.29) is 116 Å². The van der Waals surface area contributed by atoms with Crippen molar-refractivity contribution < 1.29 is 97.5 Å². The van der Waals surface area contributed by atoms with Gasteiger partial charge in [0.2, 0.25) is 0 Å². The van der Waals surface area contributed by atoms with E-state index in [4.69, 9.17) is 25.9 Å². The fourth-order valence-corrected chi connectivity index (χ4v) is 8.58. The quantitative estimate of drug-likeness (QED) is 0.133. The first-order chi connectivity index (χ1) is 25.2. The zero-order valence-electron chi connectivity index (χ0n) is 32.8. The van der Waals surface area contributed by atoms with Crippen molar-refractivity contribution in [2.24, 2.45) is 0 Å². The van der Waals surface area contributed by atoms with Crippen LogP contribution < -0.4 is 0 Å². The van der Waals surface area contributed by atoms with Crippen LogP contribution in [0.5, 0.6) is 0 Å². The molecule has 6 aliphatic heterocycles. The van der Waals surface area contributed by atoms with Crippen LogP contribution in [0.3, 0.4) is 0 Å². The summed E-state index contributed by atoms with van der Waals surface area (Å²) in [7, 11) is 0. The number of piperidine rings is 3. The van der Waals surface area contributed by atoms with Crippen molar-refractivity contribution in [2.45, 2.75) is 56.3 Å². The molecule has 0 atom stereocenters. The average molecular weight is 1390 g/mol. The summed E-state index contributed by atoms with van der Waals surface area (Å²) in [6.45, 7) is 6.07. The summed E-state index contributed by atoms with van der Waals surface area (Å²) in [5.74, 6) is 1.17. The predicted octanol–water partition coefficient (Wildman–Crippen LogP) is 13.6.